The van der Waals surface area contributed by atoms with Gasteiger partial charge in [0, 0.05) is 22.8 Å². The molecule has 1 radical (unpaired) electrons. The second kappa shape index (κ2) is 4.56. The van der Waals surface area contributed by atoms with Crippen LogP contribution >= 0.6 is 22.7 Å². The third-order valence-corrected chi connectivity index (χ3v) is 3.42. The van der Waals surface area contributed by atoms with Crippen LogP contribution in [0.2, 0.25) is 0 Å². The average Bonchev–Trinajstić information content (AvgIpc) is 2.75. The summed E-state index contributed by atoms with van der Waals surface area (Å²) in [6.07, 6.45) is 0. The van der Waals surface area contributed by atoms with Gasteiger partial charge in [-0.25, -0.2) is 5.32 Å². The molecule has 2 heterocycles. The largest absolute Gasteiger partial charge is 0.231 e. The molecule has 3 heteroatoms. The zero-order chi connectivity index (χ0) is 8.93. The van der Waals surface area contributed by atoms with Crippen molar-refractivity contribution in [3.63, 3.8) is 0 Å². The van der Waals surface area contributed by atoms with Crippen LogP contribution in [0.1, 0.15) is 9.75 Å². The van der Waals surface area contributed by atoms with Crippen molar-refractivity contribution in [2.75, 3.05) is 0 Å². The van der Waals surface area contributed by atoms with Crippen molar-refractivity contribution >= 4 is 22.7 Å². The van der Waals surface area contributed by atoms with Crippen molar-refractivity contribution in [1.82, 2.24) is 5.32 Å². The highest BCUT2D eigenvalue weighted by atomic mass is 32.1. The molecule has 0 saturated carbocycles. The quantitative estimate of drug-likeness (QED) is 0.733. The second-order valence-electron chi connectivity index (χ2n) is 2.70. The summed E-state index contributed by atoms with van der Waals surface area (Å²) >= 11 is 3.54. The Hall–Kier alpha value is -0.640. The van der Waals surface area contributed by atoms with E-state index in [2.05, 4.69) is 40.3 Å². The average molecular weight is 208 g/mol. The third-order valence-electron chi connectivity index (χ3n) is 1.70. The molecule has 0 atom stereocenters. The normalized spacial score (nSPS) is 10.5. The van der Waals surface area contributed by atoms with E-state index in [0.29, 0.717) is 0 Å². The minimum atomic E-state index is 0.857. The maximum atomic E-state index is 4.48. The molecule has 0 saturated heterocycles. The topological polar surface area (TPSA) is 14.1 Å². The first-order valence-corrected chi connectivity index (χ1v) is 5.89. The third kappa shape index (κ3) is 2.66. The molecule has 0 bridgehead atoms. The monoisotopic (exact) mass is 208 g/mol. The van der Waals surface area contributed by atoms with Gasteiger partial charge in [0.1, 0.15) is 0 Å². The molecular weight excluding hydrogens is 198 g/mol. The summed E-state index contributed by atoms with van der Waals surface area (Å²) in [6, 6.07) is 8.40. The first-order valence-electron chi connectivity index (χ1n) is 4.13. The maximum absolute atomic E-state index is 4.48. The summed E-state index contributed by atoms with van der Waals surface area (Å²) in [6.45, 7) is 1.71. The van der Waals surface area contributed by atoms with E-state index in [9.17, 15) is 0 Å². The van der Waals surface area contributed by atoms with Gasteiger partial charge in [-0.15, -0.1) is 22.7 Å². The Morgan fingerprint density at radius 2 is 1.46 bits per heavy atom. The fraction of sp³-hybridized carbons (Fsp3) is 0.200. The van der Waals surface area contributed by atoms with E-state index in [1.54, 1.807) is 22.7 Å². The molecule has 2 aromatic heterocycles. The molecule has 0 fully saturated rings. The Morgan fingerprint density at radius 1 is 0.923 bits per heavy atom. The Morgan fingerprint density at radius 3 is 1.85 bits per heavy atom. The van der Waals surface area contributed by atoms with E-state index in [1.165, 1.54) is 9.75 Å². The van der Waals surface area contributed by atoms with Crippen molar-refractivity contribution < 1.29 is 0 Å². The van der Waals surface area contributed by atoms with E-state index in [0.717, 1.165) is 13.1 Å². The van der Waals surface area contributed by atoms with Crippen LogP contribution < -0.4 is 5.32 Å². The first kappa shape index (κ1) is 8.94. The number of rotatable bonds is 4. The van der Waals surface area contributed by atoms with Crippen molar-refractivity contribution in [1.29, 1.82) is 0 Å². The standard InChI is InChI=1S/C10H10NS2/c1-3-9(12-5-1)7-11-8-10-4-2-6-13-10/h1-6H,7-8H2. The molecule has 2 aromatic rings. The lowest BCUT2D eigenvalue weighted by Crippen LogP contribution is -2.01. The molecular formula is C10H10NS2. The smallest absolute Gasteiger partial charge is 0.0482 e. The van der Waals surface area contributed by atoms with Crippen LogP contribution in [0, 0.1) is 0 Å². The van der Waals surface area contributed by atoms with Crippen LogP contribution in [0.15, 0.2) is 35.0 Å². The Kier molecular flexibility index (Phi) is 3.13. The molecule has 2 rings (SSSR count). The fourth-order valence-corrected chi connectivity index (χ4v) is 2.39. The van der Waals surface area contributed by atoms with Gasteiger partial charge in [0.15, 0.2) is 0 Å². The van der Waals surface area contributed by atoms with Gasteiger partial charge in [0.25, 0.3) is 0 Å². The second-order valence-corrected chi connectivity index (χ2v) is 4.76. The molecule has 0 aliphatic heterocycles. The number of hydrogen-bond acceptors (Lipinski definition) is 2. The molecule has 1 nitrogen and oxygen atoms in total. The van der Waals surface area contributed by atoms with E-state index in [1.807, 2.05) is 0 Å². The van der Waals surface area contributed by atoms with Crippen LogP contribution in [-0.2, 0) is 13.1 Å². The van der Waals surface area contributed by atoms with E-state index in [4.69, 9.17) is 0 Å². The Balaban J connectivity index is 1.76. The molecule has 0 aromatic carbocycles. The van der Waals surface area contributed by atoms with Crippen LogP contribution in [0.4, 0.5) is 0 Å². The SMILES string of the molecule is c1csc(C[N]Cc2cccs2)c1. The molecule has 67 valence electrons. The molecule has 0 amide bonds. The first-order chi connectivity index (χ1) is 6.45. The van der Waals surface area contributed by atoms with Crippen LogP contribution in [-0.4, -0.2) is 0 Å². The van der Waals surface area contributed by atoms with Gasteiger partial charge < -0.3 is 0 Å². The lowest BCUT2D eigenvalue weighted by atomic mass is 10.4. The van der Waals surface area contributed by atoms with Crippen molar-refractivity contribution in [3.05, 3.63) is 44.8 Å². The van der Waals surface area contributed by atoms with Gasteiger partial charge in [0.05, 0.1) is 0 Å². The lowest BCUT2D eigenvalue weighted by molar-refractivity contribution is 0.691. The van der Waals surface area contributed by atoms with Gasteiger partial charge >= 0.3 is 0 Å². The number of nitrogens with zero attached hydrogens (tertiary/aromatic N) is 1. The van der Waals surface area contributed by atoms with Crippen LogP contribution in [0.3, 0.4) is 0 Å². The zero-order valence-electron chi connectivity index (χ0n) is 7.14. The lowest BCUT2D eigenvalue weighted by Gasteiger charge is -1.96. The van der Waals surface area contributed by atoms with Crippen molar-refractivity contribution in [3.8, 4) is 0 Å². The minimum Gasteiger partial charge on any atom is -0.231 e. The number of hydrogen-bond donors (Lipinski definition) is 0. The highest BCUT2D eigenvalue weighted by Gasteiger charge is 1.96. The van der Waals surface area contributed by atoms with E-state index >= 15 is 0 Å². The van der Waals surface area contributed by atoms with Crippen molar-refractivity contribution in [2.45, 2.75) is 13.1 Å². The summed E-state index contributed by atoms with van der Waals surface area (Å²) in [5, 5.41) is 8.66. The van der Waals surface area contributed by atoms with Gasteiger partial charge in [-0.3, -0.25) is 0 Å². The Bertz CT molecular complexity index is 289. The summed E-state index contributed by atoms with van der Waals surface area (Å²) in [5.74, 6) is 0. The molecule has 0 aliphatic rings. The summed E-state index contributed by atoms with van der Waals surface area (Å²) in [4.78, 5) is 2.69. The molecule has 13 heavy (non-hydrogen) atoms. The summed E-state index contributed by atoms with van der Waals surface area (Å²) in [7, 11) is 0. The summed E-state index contributed by atoms with van der Waals surface area (Å²) < 4.78 is 0. The fourth-order valence-electron chi connectivity index (χ4n) is 1.08. The molecule has 0 aliphatic carbocycles. The molecule has 0 unspecified atom stereocenters. The van der Waals surface area contributed by atoms with Crippen LogP contribution in [0.5, 0.6) is 0 Å². The zero-order valence-corrected chi connectivity index (χ0v) is 8.78. The van der Waals surface area contributed by atoms with Crippen molar-refractivity contribution in [2.24, 2.45) is 0 Å². The van der Waals surface area contributed by atoms with Gasteiger partial charge in [0.2, 0.25) is 0 Å². The van der Waals surface area contributed by atoms with E-state index < -0.39 is 0 Å². The van der Waals surface area contributed by atoms with Crippen LogP contribution in [0.25, 0.3) is 0 Å². The van der Waals surface area contributed by atoms with Gasteiger partial charge in [-0.1, -0.05) is 12.1 Å². The maximum Gasteiger partial charge on any atom is 0.0482 e. The number of thiophene rings is 2. The predicted molar refractivity (Wildman–Crippen MR) is 58.2 cm³/mol. The predicted octanol–water partition coefficient (Wildman–Crippen LogP) is 3.11. The molecule has 0 N–H and O–H groups in total. The molecule has 0 spiro atoms. The van der Waals surface area contributed by atoms with E-state index in [-0.39, 0.29) is 0 Å². The van der Waals surface area contributed by atoms with Gasteiger partial charge in [-0.2, -0.15) is 0 Å². The highest BCUT2D eigenvalue weighted by molar-refractivity contribution is 7.10. The summed E-state index contributed by atoms with van der Waals surface area (Å²) in [5.41, 5.74) is 0. The van der Waals surface area contributed by atoms with Gasteiger partial charge in [-0.05, 0) is 22.9 Å². The Labute approximate surface area is 86.0 Å². The minimum absolute atomic E-state index is 0.857. The highest BCUT2D eigenvalue weighted by Crippen LogP contribution is 2.11.